The maximum absolute atomic E-state index is 12.1. The maximum Gasteiger partial charge on any atom is 0.291 e. The van der Waals surface area contributed by atoms with Crippen molar-refractivity contribution >= 4 is 27.5 Å². The van der Waals surface area contributed by atoms with E-state index in [1.165, 1.54) is 0 Å². The summed E-state index contributed by atoms with van der Waals surface area (Å²) in [6.45, 7) is 4.88. The molecule has 1 amide bonds. The fourth-order valence-electron chi connectivity index (χ4n) is 1.69. The Kier molecular flexibility index (Phi) is 4.98. The average Bonchev–Trinajstić information content (AvgIpc) is 2.88. The fourth-order valence-corrected chi connectivity index (χ4v) is 2.28. The van der Waals surface area contributed by atoms with Crippen LogP contribution in [0.25, 0.3) is 0 Å². The predicted octanol–water partition coefficient (Wildman–Crippen LogP) is 4.14. The number of nitrogens with one attached hydrogen (secondary N) is 1. The van der Waals surface area contributed by atoms with E-state index in [2.05, 4.69) is 21.2 Å². The molecule has 0 saturated heterocycles. The third-order valence-corrected chi connectivity index (χ3v) is 3.36. The van der Waals surface area contributed by atoms with Crippen LogP contribution >= 0.6 is 15.9 Å². The fraction of sp³-hybridized carbons (Fsp3) is 0.267. The zero-order chi connectivity index (χ0) is 14.5. The van der Waals surface area contributed by atoms with Crippen molar-refractivity contribution in [1.82, 2.24) is 0 Å². The second-order valence-corrected chi connectivity index (χ2v) is 5.19. The Hall–Kier alpha value is -1.59. The van der Waals surface area contributed by atoms with Gasteiger partial charge >= 0.3 is 0 Å². The molecular formula is C15H16BrNO3. The van der Waals surface area contributed by atoms with Gasteiger partial charge in [0.05, 0.1) is 5.69 Å². The highest BCUT2D eigenvalue weighted by Crippen LogP contribution is 2.24. The molecule has 1 aromatic carbocycles. The second kappa shape index (κ2) is 6.72. The summed E-state index contributed by atoms with van der Waals surface area (Å²) in [6, 6.07) is 9.11. The van der Waals surface area contributed by atoms with Gasteiger partial charge in [-0.2, -0.15) is 0 Å². The van der Waals surface area contributed by atoms with Crippen LogP contribution in [0.2, 0.25) is 0 Å². The number of carbonyl (C=O) groups is 1. The molecule has 1 N–H and O–H groups in total. The van der Waals surface area contributed by atoms with E-state index in [0.717, 1.165) is 10.0 Å². The summed E-state index contributed by atoms with van der Waals surface area (Å²) in [4.78, 5) is 12.1. The molecule has 0 spiro atoms. The molecule has 2 aromatic rings. The molecule has 20 heavy (non-hydrogen) atoms. The number of ether oxygens (including phenoxy) is 1. The van der Waals surface area contributed by atoms with Crippen molar-refractivity contribution in [2.45, 2.75) is 20.5 Å². The Bertz CT molecular complexity index is 607. The molecule has 106 valence electrons. The first-order valence-electron chi connectivity index (χ1n) is 6.34. The summed E-state index contributed by atoms with van der Waals surface area (Å²) < 4.78 is 11.5. The molecule has 0 bridgehead atoms. The van der Waals surface area contributed by atoms with Crippen LogP contribution in [0.4, 0.5) is 5.69 Å². The van der Waals surface area contributed by atoms with E-state index in [0.29, 0.717) is 24.7 Å². The highest BCUT2D eigenvalue weighted by atomic mass is 79.9. The molecule has 0 atom stereocenters. The van der Waals surface area contributed by atoms with Gasteiger partial charge in [-0.25, -0.2) is 0 Å². The number of carbonyl (C=O) groups excluding carboxylic acids is 1. The van der Waals surface area contributed by atoms with Crippen molar-refractivity contribution in [1.29, 1.82) is 0 Å². The van der Waals surface area contributed by atoms with Gasteiger partial charge in [0.25, 0.3) is 5.91 Å². The first kappa shape index (κ1) is 14.8. The summed E-state index contributed by atoms with van der Waals surface area (Å²) in [5, 5.41) is 2.80. The van der Waals surface area contributed by atoms with Gasteiger partial charge in [0.1, 0.15) is 12.4 Å². The third-order valence-electron chi connectivity index (χ3n) is 2.71. The SMILES string of the molecule is CCOCc1ccc(C(=O)Nc2ccc(C)cc2Br)o1. The lowest BCUT2D eigenvalue weighted by molar-refractivity contribution is 0.0972. The lowest BCUT2D eigenvalue weighted by atomic mass is 10.2. The predicted molar refractivity (Wildman–Crippen MR) is 80.9 cm³/mol. The van der Waals surface area contributed by atoms with Crippen molar-refractivity contribution in [3.8, 4) is 0 Å². The van der Waals surface area contributed by atoms with Gasteiger partial charge in [0.2, 0.25) is 0 Å². The molecule has 0 aliphatic rings. The van der Waals surface area contributed by atoms with Crippen LogP contribution in [-0.4, -0.2) is 12.5 Å². The van der Waals surface area contributed by atoms with Crippen molar-refractivity contribution in [3.63, 3.8) is 0 Å². The quantitative estimate of drug-likeness (QED) is 0.891. The van der Waals surface area contributed by atoms with Crippen LogP contribution in [0.1, 0.15) is 28.8 Å². The van der Waals surface area contributed by atoms with Gasteiger partial charge < -0.3 is 14.5 Å². The number of aryl methyl sites for hydroxylation is 1. The Balaban J connectivity index is 2.06. The van der Waals surface area contributed by atoms with E-state index in [1.807, 2.05) is 32.0 Å². The van der Waals surface area contributed by atoms with Gasteiger partial charge in [0, 0.05) is 11.1 Å². The second-order valence-electron chi connectivity index (χ2n) is 4.34. The lowest BCUT2D eigenvalue weighted by Crippen LogP contribution is -2.11. The molecule has 0 radical (unpaired) electrons. The molecule has 2 rings (SSSR count). The van der Waals surface area contributed by atoms with E-state index in [4.69, 9.17) is 9.15 Å². The highest BCUT2D eigenvalue weighted by Gasteiger charge is 2.12. The standard InChI is InChI=1S/C15H16BrNO3/c1-3-19-9-11-5-7-14(20-11)15(18)17-13-6-4-10(2)8-12(13)16/h4-8H,3,9H2,1-2H3,(H,17,18). The number of benzene rings is 1. The lowest BCUT2D eigenvalue weighted by Gasteiger charge is -2.06. The largest absolute Gasteiger partial charge is 0.453 e. The van der Waals surface area contributed by atoms with Crippen LogP contribution in [0.5, 0.6) is 0 Å². The summed E-state index contributed by atoms with van der Waals surface area (Å²) in [7, 11) is 0. The van der Waals surface area contributed by atoms with Crippen molar-refractivity contribution in [3.05, 3.63) is 51.9 Å². The van der Waals surface area contributed by atoms with Gasteiger partial charge in [-0.05, 0) is 59.6 Å². The number of hydrogen-bond donors (Lipinski definition) is 1. The number of hydrogen-bond acceptors (Lipinski definition) is 3. The van der Waals surface area contributed by atoms with E-state index in [-0.39, 0.29) is 11.7 Å². The van der Waals surface area contributed by atoms with Gasteiger partial charge in [-0.1, -0.05) is 6.07 Å². The third kappa shape index (κ3) is 3.71. The maximum atomic E-state index is 12.1. The topological polar surface area (TPSA) is 51.5 Å². The molecule has 1 aromatic heterocycles. The molecule has 0 unspecified atom stereocenters. The zero-order valence-corrected chi connectivity index (χ0v) is 13.0. The molecule has 0 aliphatic carbocycles. The summed E-state index contributed by atoms with van der Waals surface area (Å²) >= 11 is 3.42. The number of anilines is 1. The summed E-state index contributed by atoms with van der Waals surface area (Å²) in [5.41, 5.74) is 1.83. The highest BCUT2D eigenvalue weighted by molar-refractivity contribution is 9.10. The van der Waals surface area contributed by atoms with Gasteiger partial charge in [-0.3, -0.25) is 4.79 Å². The van der Waals surface area contributed by atoms with E-state index < -0.39 is 0 Å². The number of furan rings is 1. The molecular weight excluding hydrogens is 322 g/mol. The van der Waals surface area contributed by atoms with Crippen molar-refractivity contribution in [2.24, 2.45) is 0 Å². The van der Waals surface area contributed by atoms with Gasteiger partial charge in [0.15, 0.2) is 5.76 Å². The first-order chi connectivity index (χ1) is 9.60. The molecule has 0 saturated carbocycles. The normalized spacial score (nSPS) is 10.6. The van der Waals surface area contributed by atoms with Crippen molar-refractivity contribution in [2.75, 3.05) is 11.9 Å². The van der Waals surface area contributed by atoms with E-state index in [1.54, 1.807) is 12.1 Å². The smallest absolute Gasteiger partial charge is 0.291 e. The first-order valence-corrected chi connectivity index (χ1v) is 7.13. The molecule has 4 nitrogen and oxygen atoms in total. The Labute approximate surface area is 126 Å². The monoisotopic (exact) mass is 337 g/mol. The van der Waals surface area contributed by atoms with Crippen LogP contribution in [0.15, 0.2) is 39.2 Å². The Morgan fingerprint density at radius 1 is 1.35 bits per heavy atom. The summed E-state index contributed by atoms with van der Waals surface area (Å²) in [6.07, 6.45) is 0. The zero-order valence-electron chi connectivity index (χ0n) is 11.4. The van der Waals surface area contributed by atoms with Crippen LogP contribution in [-0.2, 0) is 11.3 Å². The minimum Gasteiger partial charge on any atom is -0.453 e. The minimum atomic E-state index is -0.280. The van der Waals surface area contributed by atoms with Gasteiger partial charge in [-0.15, -0.1) is 0 Å². The number of rotatable bonds is 5. The molecule has 0 aliphatic heterocycles. The van der Waals surface area contributed by atoms with Crippen LogP contribution < -0.4 is 5.32 Å². The molecule has 1 heterocycles. The molecule has 5 heteroatoms. The van der Waals surface area contributed by atoms with E-state index >= 15 is 0 Å². The minimum absolute atomic E-state index is 0.271. The van der Waals surface area contributed by atoms with Crippen molar-refractivity contribution < 1.29 is 13.9 Å². The van der Waals surface area contributed by atoms with Crippen LogP contribution in [0, 0.1) is 6.92 Å². The Morgan fingerprint density at radius 2 is 2.15 bits per heavy atom. The number of amides is 1. The van der Waals surface area contributed by atoms with E-state index in [9.17, 15) is 4.79 Å². The Morgan fingerprint density at radius 3 is 2.85 bits per heavy atom. The van der Waals surface area contributed by atoms with Crippen LogP contribution in [0.3, 0.4) is 0 Å². The molecule has 0 fully saturated rings. The summed E-state index contributed by atoms with van der Waals surface area (Å²) in [5.74, 6) is 0.629. The average molecular weight is 338 g/mol. The number of halogens is 1.